The smallest absolute Gasteiger partial charge is 0.351 e. The normalized spacial score (nSPS) is 11.4. The number of nitrogens with one attached hydrogen (secondary N) is 1. The maximum absolute atomic E-state index is 13.2. The fourth-order valence-corrected chi connectivity index (χ4v) is 1.40. The Balaban J connectivity index is 3.02. The second-order valence-corrected chi connectivity index (χ2v) is 4.22. The monoisotopic (exact) mass is 361 g/mol. The fourth-order valence-electron chi connectivity index (χ4n) is 1.13. The van der Waals surface area contributed by atoms with Gasteiger partial charge in [-0.2, -0.15) is 13.2 Å². The first-order valence-electron chi connectivity index (χ1n) is 4.57. The molecule has 0 fully saturated rings. The SMILES string of the molecule is O=C(NCCI)c1cc(C(F)(F)F)ccc1F. The van der Waals surface area contributed by atoms with Gasteiger partial charge in [-0.05, 0) is 18.2 Å². The van der Waals surface area contributed by atoms with Crippen LogP contribution in [0.2, 0.25) is 0 Å². The number of amides is 1. The van der Waals surface area contributed by atoms with Gasteiger partial charge in [0.15, 0.2) is 0 Å². The molecule has 17 heavy (non-hydrogen) atoms. The summed E-state index contributed by atoms with van der Waals surface area (Å²) in [6.45, 7) is 0.273. The van der Waals surface area contributed by atoms with Crippen LogP contribution in [-0.2, 0) is 6.18 Å². The standard InChI is InChI=1S/C10H8F4INO/c11-8-2-1-6(10(12,13)14)5-7(8)9(17)16-4-3-15/h1-2,5H,3-4H2,(H,16,17). The van der Waals surface area contributed by atoms with Crippen molar-refractivity contribution in [3.05, 3.63) is 35.1 Å². The van der Waals surface area contributed by atoms with E-state index in [9.17, 15) is 22.4 Å². The molecule has 7 heteroatoms. The molecule has 1 aromatic rings. The molecule has 1 N–H and O–H groups in total. The number of hydrogen-bond acceptors (Lipinski definition) is 1. The highest BCUT2D eigenvalue weighted by atomic mass is 127. The highest BCUT2D eigenvalue weighted by Gasteiger charge is 2.31. The van der Waals surface area contributed by atoms with E-state index in [0.717, 1.165) is 0 Å². The van der Waals surface area contributed by atoms with Crippen molar-refractivity contribution in [3.63, 3.8) is 0 Å². The molecule has 1 rings (SSSR count). The van der Waals surface area contributed by atoms with Gasteiger partial charge in [-0.25, -0.2) is 4.39 Å². The van der Waals surface area contributed by atoms with Gasteiger partial charge in [0.1, 0.15) is 5.82 Å². The molecule has 0 radical (unpaired) electrons. The van der Waals surface area contributed by atoms with Crippen molar-refractivity contribution in [2.45, 2.75) is 6.18 Å². The largest absolute Gasteiger partial charge is 0.416 e. The van der Waals surface area contributed by atoms with Gasteiger partial charge in [0.25, 0.3) is 5.91 Å². The molecule has 0 saturated carbocycles. The molecule has 1 aromatic carbocycles. The summed E-state index contributed by atoms with van der Waals surface area (Å²) >= 11 is 1.98. The summed E-state index contributed by atoms with van der Waals surface area (Å²) in [5, 5.41) is 2.31. The van der Waals surface area contributed by atoms with Crippen LogP contribution in [0.25, 0.3) is 0 Å². The van der Waals surface area contributed by atoms with Crippen LogP contribution in [-0.4, -0.2) is 16.9 Å². The fraction of sp³-hybridized carbons (Fsp3) is 0.300. The van der Waals surface area contributed by atoms with E-state index in [2.05, 4.69) is 5.32 Å². The average Bonchev–Trinajstić information content (AvgIpc) is 2.24. The van der Waals surface area contributed by atoms with E-state index in [1.54, 1.807) is 0 Å². The number of carbonyl (C=O) groups is 1. The van der Waals surface area contributed by atoms with Gasteiger partial charge in [0.2, 0.25) is 0 Å². The van der Waals surface area contributed by atoms with Gasteiger partial charge in [-0.15, -0.1) is 0 Å². The van der Waals surface area contributed by atoms with Gasteiger partial charge in [0, 0.05) is 11.0 Å². The molecular formula is C10H8F4INO. The maximum atomic E-state index is 13.2. The van der Waals surface area contributed by atoms with Crippen LogP contribution in [0, 0.1) is 5.82 Å². The highest BCUT2D eigenvalue weighted by Crippen LogP contribution is 2.30. The number of hydrogen-bond donors (Lipinski definition) is 1. The van der Waals surface area contributed by atoms with Gasteiger partial charge in [-0.3, -0.25) is 4.79 Å². The molecule has 0 aromatic heterocycles. The van der Waals surface area contributed by atoms with Crippen molar-refractivity contribution < 1.29 is 22.4 Å². The molecule has 0 unspecified atom stereocenters. The number of halogens is 5. The Hall–Kier alpha value is -0.860. The lowest BCUT2D eigenvalue weighted by Gasteiger charge is -2.09. The summed E-state index contributed by atoms with van der Waals surface area (Å²) in [7, 11) is 0. The van der Waals surface area contributed by atoms with Crippen LogP contribution in [0.15, 0.2) is 18.2 Å². The number of benzene rings is 1. The first-order chi connectivity index (χ1) is 7.86. The molecule has 2 nitrogen and oxygen atoms in total. The van der Waals surface area contributed by atoms with Crippen LogP contribution in [0.3, 0.4) is 0 Å². The van der Waals surface area contributed by atoms with Crippen molar-refractivity contribution in [2.75, 3.05) is 11.0 Å². The summed E-state index contributed by atoms with van der Waals surface area (Å²) in [6.07, 6.45) is -4.59. The molecule has 0 spiro atoms. The Morgan fingerprint density at radius 2 is 2.00 bits per heavy atom. The van der Waals surface area contributed by atoms with Crippen molar-refractivity contribution >= 4 is 28.5 Å². The predicted octanol–water partition coefficient (Wildman–Crippen LogP) is 3.01. The van der Waals surface area contributed by atoms with Crippen molar-refractivity contribution in [1.29, 1.82) is 0 Å². The first kappa shape index (κ1) is 14.2. The molecule has 0 aliphatic rings. The Bertz CT molecular complexity index is 419. The van der Waals surface area contributed by atoms with Crippen LogP contribution >= 0.6 is 22.6 Å². The predicted molar refractivity (Wildman–Crippen MR) is 62.6 cm³/mol. The quantitative estimate of drug-likeness (QED) is 0.501. The third kappa shape index (κ3) is 3.83. The zero-order valence-electron chi connectivity index (χ0n) is 8.44. The van der Waals surface area contributed by atoms with E-state index in [0.29, 0.717) is 22.6 Å². The number of rotatable bonds is 3. The molecule has 0 heterocycles. The third-order valence-corrected chi connectivity index (χ3v) is 2.46. The zero-order valence-corrected chi connectivity index (χ0v) is 10.6. The minimum absolute atomic E-state index is 0.273. The summed E-state index contributed by atoms with van der Waals surface area (Å²) < 4.78 is 50.9. The Labute approximate surface area is 109 Å². The number of carbonyl (C=O) groups excluding carboxylic acids is 1. The van der Waals surface area contributed by atoms with Crippen molar-refractivity contribution in [1.82, 2.24) is 5.32 Å². The summed E-state index contributed by atoms with van der Waals surface area (Å²) in [4.78, 5) is 11.4. The molecule has 0 atom stereocenters. The number of alkyl halides is 4. The van der Waals surface area contributed by atoms with E-state index in [1.807, 2.05) is 22.6 Å². The topological polar surface area (TPSA) is 29.1 Å². The van der Waals surface area contributed by atoms with Gasteiger partial charge in [-0.1, -0.05) is 22.6 Å². The van der Waals surface area contributed by atoms with Crippen LogP contribution < -0.4 is 5.32 Å². The highest BCUT2D eigenvalue weighted by molar-refractivity contribution is 14.1. The van der Waals surface area contributed by atoms with E-state index in [1.165, 1.54) is 0 Å². The maximum Gasteiger partial charge on any atom is 0.416 e. The van der Waals surface area contributed by atoms with E-state index in [-0.39, 0.29) is 6.54 Å². The molecule has 94 valence electrons. The Kier molecular flexibility index (Phi) is 4.72. The third-order valence-electron chi connectivity index (χ3n) is 1.92. The molecule has 0 aliphatic carbocycles. The lowest BCUT2D eigenvalue weighted by Crippen LogP contribution is -2.26. The first-order valence-corrected chi connectivity index (χ1v) is 6.09. The van der Waals surface area contributed by atoms with Gasteiger partial charge >= 0.3 is 6.18 Å². The van der Waals surface area contributed by atoms with Crippen molar-refractivity contribution in [3.8, 4) is 0 Å². The minimum atomic E-state index is -4.59. The molecule has 1 amide bonds. The second kappa shape index (κ2) is 5.65. The Morgan fingerprint density at radius 3 is 2.53 bits per heavy atom. The van der Waals surface area contributed by atoms with Crippen LogP contribution in [0.1, 0.15) is 15.9 Å². The average molecular weight is 361 g/mol. The van der Waals surface area contributed by atoms with Crippen LogP contribution in [0.4, 0.5) is 17.6 Å². The summed E-state index contributed by atoms with van der Waals surface area (Å²) in [6, 6.07) is 1.75. The minimum Gasteiger partial charge on any atom is -0.351 e. The molecule has 0 bridgehead atoms. The van der Waals surface area contributed by atoms with Gasteiger partial charge in [0.05, 0.1) is 11.1 Å². The van der Waals surface area contributed by atoms with Crippen molar-refractivity contribution in [2.24, 2.45) is 0 Å². The Morgan fingerprint density at radius 1 is 1.35 bits per heavy atom. The van der Waals surface area contributed by atoms with E-state index < -0.39 is 29.0 Å². The zero-order chi connectivity index (χ0) is 13.1. The summed E-state index contributed by atoms with van der Waals surface area (Å²) in [5.74, 6) is -1.81. The lowest BCUT2D eigenvalue weighted by atomic mass is 10.1. The van der Waals surface area contributed by atoms with E-state index in [4.69, 9.17) is 0 Å². The summed E-state index contributed by atoms with van der Waals surface area (Å²) in [5.41, 5.74) is -1.64. The van der Waals surface area contributed by atoms with Crippen LogP contribution in [0.5, 0.6) is 0 Å². The van der Waals surface area contributed by atoms with Gasteiger partial charge < -0.3 is 5.32 Å². The molecule has 0 aliphatic heterocycles. The molecule has 0 saturated heterocycles. The second-order valence-electron chi connectivity index (χ2n) is 3.14. The lowest BCUT2D eigenvalue weighted by molar-refractivity contribution is -0.137. The van der Waals surface area contributed by atoms with E-state index >= 15 is 0 Å². The molecular weight excluding hydrogens is 353 g/mol.